The molecule has 0 radical (unpaired) electrons. The number of aryl methyl sites for hydroxylation is 1. The van der Waals surface area contributed by atoms with Gasteiger partial charge in [-0.05, 0) is 54.3 Å². The Balaban J connectivity index is 1.91. The molecule has 0 aliphatic carbocycles. The van der Waals surface area contributed by atoms with Gasteiger partial charge >= 0.3 is 0 Å². The van der Waals surface area contributed by atoms with E-state index in [1.807, 2.05) is 6.07 Å². The molecule has 1 unspecified atom stereocenters. The first-order valence-electron chi connectivity index (χ1n) is 6.71. The second-order valence-corrected chi connectivity index (χ2v) is 5.88. The third kappa shape index (κ3) is 2.77. The normalized spacial score (nSPS) is 19.6. The Morgan fingerprint density at radius 2 is 2.11 bits per heavy atom. The van der Waals surface area contributed by atoms with Gasteiger partial charge in [0.05, 0.1) is 6.61 Å². The molecule has 1 aliphatic heterocycles. The number of rotatable bonds is 2. The molecule has 0 bridgehead atoms. The highest BCUT2D eigenvalue weighted by Crippen LogP contribution is 2.30. The van der Waals surface area contributed by atoms with Crippen LogP contribution in [0.2, 0.25) is 0 Å². The second-order valence-electron chi connectivity index (χ2n) is 4.97. The SMILES string of the molecule is Cc1c(OC2CCCCO2)ccc2cc(Br)ccc12. The van der Waals surface area contributed by atoms with E-state index in [4.69, 9.17) is 9.47 Å². The Bertz CT molecular complexity index is 589. The molecule has 1 heterocycles. The summed E-state index contributed by atoms with van der Waals surface area (Å²) < 4.78 is 12.7. The van der Waals surface area contributed by atoms with Crippen LogP contribution in [-0.4, -0.2) is 12.9 Å². The number of benzene rings is 2. The van der Waals surface area contributed by atoms with E-state index in [0.29, 0.717) is 0 Å². The molecule has 0 N–H and O–H groups in total. The van der Waals surface area contributed by atoms with Gasteiger partial charge in [-0.1, -0.05) is 28.1 Å². The molecule has 0 aromatic heterocycles. The molecule has 1 atom stereocenters. The van der Waals surface area contributed by atoms with Crippen LogP contribution in [0.1, 0.15) is 24.8 Å². The quantitative estimate of drug-likeness (QED) is 0.790. The van der Waals surface area contributed by atoms with Gasteiger partial charge in [-0.3, -0.25) is 0 Å². The van der Waals surface area contributed by atoms with Crippen LogP contribution in [0.5, 0.6) is 5.75 Å². The fourth-order valence-corrected chi connectivity index (χ4v) is 2.89. The number of hydrogen-bond donors (Lipinski definition) is 0. The molecule has 3 heteroatoms. The van der Waals surface area contributed by atoms with Crippen LogP contribution >= 0.6 is 15.9 Å². The highest BCUT2D eigenvalue weighted by atomic mass is 79.9. The van der Waals surface area contributed by atoms with Gasteiger partial charge in [0.1, 0.15) is 5.75 Å². The Morgan fingerprint density at radius 1 is 1.21 bits per heavy atom. The Kier molecular flexibility index (Phi) is 3.76. The number of hydrogen-bond acceptors (Lipinski definition) is 2. The molecule has 19 heavy (non-hydrogen) atoms. The minimum absolute atomic E-state index is 0.0830. The summed E-state index contributed by atoms with van der Waals surface area (Å²) in [6.45, 7) is 2.92. The molecule has 100 valence electrons. The summed E-state index contributed by atoms with van der Waals surface area (Å²) in [5.41, 5.74) is 1.18. The van der Waals surface area contributed by atoms with Crippen LogP contribution in [0, 0.1) is 6.92 Å². The third-order valence-electron chi connectivity index (χ3n) is 3.60. The zero-order chi connectivity index (χ0) is 13.2. The molecular weight excluding hydrogens is 304 g/mol. The van der Waals surface area contributed by atoms with E-state index < -0.39 is 0 Å². The summed E-state index contributed by atoms with van der Waals surface area (Å²) in [7, 11) is 0. The van der Waals surface area contributed by atoms with E-state index in [2.05, 4.69) is 47.1 Å². The zero-order valence-electron chi connectivity index (χ0n) is 11.0. The molecule has 1 aliphatic rings. The van der Waals surface area contributed by atoms with Crippen LogP contribution in [0.25, 0.3) is 10.8 Å². The van der Waals surface area contributed by atoms with Crippen LogP contribution in [0.4, 0.5) is 0 Å². The van der Waals surface area contributed by atoms with Crippen molar-refractivity contribution >= 4 is 26.7 Å². The minimum Gasteiger partial charge on any atom is -0.465 e. The predicted molar refractivity (Wildman–Crippen MR) is 80.6 cm³/mol. The first kappa shape index (κ1) is 12.9. The first-order valence-corrected chi connectivity index (χ1v) is 7.50. The lowest BCUT2D eigenvalue weighted by molar-refractivity contribution is -0.106. The Labute approximate surface area is 121 Å². The lowest BCUT2D eigenvalue weighted by Gasteiger charge is -2.24. The van der Waals surface area contributed by atoms with Gasteiger partial charge in [-0.15, -0.1) is 0 Å². The van der Waals surface area contributed by atoms with Crippen molar-refractivity contribution in [2.75, 3.05) is 6.61 Å². The van der Waals surface area contributed by atoms with Crippen molar-refractivity contribution in [2.45, 2.75) is 32.5 Å². The minimum atomic E-state index is -0.0830. The summed E-state index contributed by atoms with van der Waals surface area (Å²) in [6.07, 6.45) is 3.23. The maximum absolute atomic E-state index is 5.99. The van der Waals surface area contributed by atoms with Crippen molar-refractivity contribution in [3.63, 3.8) is 0 Å². The van der Waals surface area contributed by atoms with E-state index in [0.717, 1.165) is 29.7 Å². The monoisotopic (exact) mass is 320 g/mol. The number of ether oxygens (including phenoxy) is 2. The molecule has 2 aromatic rings. The van der Waals surface area contributed by atoms with Gasteiger partial charge in [0.2, 0.25) is 0 Å². The van der Waals surface area contributed by atoms with Gasteiger partial charge < -0.3 is 9.47 Å². The van der Waals surface area contributed by atoms with Gasteiger partial charge in [0, 0.05) is 10.9 Å². The third-order valence-corrected chi connectivity index (χ3v) is 4.09. The fourth-order valence-electron chi connectivity index (χ4n) is 2.51. The molecule has 1 saturated heterocycles. The first-order chi connectivity index (χ1) is 9.24. The van der Waals surface area contributed by atoms with Crippen molar-refractivity contribution in [1.29, 1.82) is 0 Å². The van der Waals surface area contributed by atoms with Crippen LogP contribution in [-0.2, 0) is 4.74 Å². The molecule has 0 amide bonds. The highest BCUT2D eigenvalue weighted by Gasteiger charge is 2.16. The molecule has 2 aromatic carbocycles. The molecule has 3 rings (SSSR count). The van der Waals surface area contributed by atoms with E-state index in [1.165, 1.54) is 22.8 Å². The summed E-state index contributed by atoms with van der Waals surface area (Å²) >= 11 is 3.50. The summed E-state index contributed by atoms with van der Waals surface area (Å²) in [4.78, 5) is 0. The Hall–Kier alpha value is -1.06. The molecule has 0 spiro atoms. The lowest BCUT2D eigenvalue weighted by Crippen LogP contribution is -2.25. The number of halogens is 1. The average Bonchev–Trinajstić information content (AvgIpc) is 2.43. The zero-order valence-corrected chi connectivity index (χ0v) is 12.6. The van der Waals surface area contributed by atoms with E-state index in [-0.39, 0.29) is 6.29 Å². The standard InChI is InChI=1S/C16H17BrO2/c1-11-14-7-6-13(17)10-12(14)5-8-15(11)19-16-4-2-3-9-18-16/h5-8,10,16H,2-4,9H2,1H3. The van der Waals surface area contributed by atoms with Crippen LogP contribution in [0.3, 0.4) is 0 Å². The fraction of sp³-hybridized carbons (Fsp3) is 0.375. The van der Waals surface area contributed by atoms with Gasteiger partial charge in [-0.25, -0.2) is 0 Å². The van der Waals surface area contributed by atoms with Crippen molar-refractivity contribution in [3.8, 4) is 5.75 Å². The van der Waals surface area contributed by atoms with Crippen molar-refractivity contribution < 1.29 is 9.47 Å². The van der Waals surface area contributed by atoms with Crippen LogP contribution in [0.15, 0.2) is 34.8 Å². The smallest absolute Gasteiger partial charge is 0.199 e. The van der Waals surface area contributed by atoms with Gasteiger partial charge in [-0.2, -0.15) is 0 Å². The highest BCUT2D eigenvalue weighted by molar-refractivity contribution is 9.10. The van der Waals surface area contributed by atoms with Crippen molar-refractivity contribution in [3.05, 3.63) is 40.4 Å². The summed E-state index contributed by atoms with van der Waals surface area (Å²) in [5, 5.41) is 2.46. The topological polar surface area (TPSA) is 18.5 Å². The predicted octanol–water partition coefficient (Wildman–Crippen LogP) is 4.82. The van der Waals surface area contributed by atoms with E-state index in [9.17, 15) is 0 Å². The molecular formula is C16H17BrO2. The maximum atomic E-state index is 5.99. The largest absolute Gasteiger partial charge is 0.465 e. The molecule has 1 fully saturated rings. The van der Waals surface area contributed by atoms with Crippen molar-refractivity contribution in [1.82, 2.24) is 0 Å². The second kappa shape index (κ2) is 5.51. The van der Waals surface area contributed by atoms with Crippen LogP contribution < -0.4 is 4.74 Å². The van der Waals surface area contributed by atoms with Crippen molar-refractivity contribution in [2.24, 2.45) is 0 Å². The number of fused-ring (bicyclic) bond motifs is 1. The van der Waals surface area contributed by atoms with E-state index in [1.54, 1.807) is 0 Å². The Morgan fingerprint density at radius 3 is 2.89 bits per heavy atom. The van der Waals surface area contributed by atoms with E-state index >= 15 is 0 Å². The molecule has 2 nitrogen and oxygen atoms in total. The maximum Gasteiger partial charge on any atom is 0.199 e. The summed E-state index contributed by atoms with van der Waals surface area (Å²) in [5.74, 6) is 0.932. The lowest BCUT2D eigenvalue weighted by atomic mass is 10.0. The summed E-state index contributed by atoms with van der Waals surface area (Å²) in [6, 6.07) is 10.5. The molecule has 0 saturated carbocycles. The van der Waals surface area contributed by atoms with Gasteiger partial charge in [0.15, 0.2) is 6.29 Å². The van der Waals surface area contributed by atoms with Gasteiger partial charge in [0.25, 0.3) is 0 Å². The average molecular weight is 321 g/mol.